The Kier molecular flexibility index (Phi) is 4.28. The van der Waals surface area contributed by atoms with Crippen molar-refractivity contribution in [1.29, 1.82) is 0 Å². The van der Waals surface area contributed by atoms with Gasteiger partial charge in [0.05, 0.1) is 0 Å². The molecule has 1 atom stereocenters. The second-order valence-electron chi connectivity index (χ2n) is 5.56. The Morgan fingerprint density at radius 2 is 2.11 bits per heavy atom. The Labute approximate surface area is 127 Å². The van der Waals surface area contributed by atoms with Gasteiger partial charge in [-0.3, -0.25) is 4.79 Å². The van der Waals surface area contributed by atoms with Crippen LogP contribution in [0, 0.1) is 0 Å². The van der Waals surface area contributed by atoms with Gasteiger partial charge >= 0.3 is 0 Å². The molecule has 19 heavy (non-hydrogen) atoms. The fraction of sp³-hybridized carbons (Fsp3) is 0.500. The van der Waals surface area contributed by atoms with Crippen LogP contribution < -0.4 is 10.6 Å². The van der Waals surface area contributed by atoms with Crippen molar-refractivity contribution >= 4 is 39.3 Å². The summed E-state index contributed by atoms with van der Waals surface area (Å²) in [4.78, 5) is 13.1. The van der Waals surface area contributed by atoms with Crippen LogP contribution >= 0.6 is 27.7 Å². The summed E-state index contributed by atoms with van der Waals surface area (Å²) in [5, 5.41) is 6.16. The number of likely N-dealkylation sites (N-methyl/N-ethyl adjacent to an activating group) is 1. The van der Waals surface area contributed by atoms with Crippen molar-refractivity contribution in [3.05, 3.63) is 22.2 Å². The molecule has 1 aromatic rings. The SMILES string of the molecule is CCNC1C(=O)Nc2cc(SC(C)(C)C)c(Br)cc21. The molecule has 0 radical (unpaired) electrons. The van der Waals surface area contributed by atoms with Gasteiger partial charge in [-0.1, -0.05) is 27.7 Å². The fourth-order valence-corrected chi connectivity index (χ4v) is 3.67. The quantitative estimate of drug-likeness (QED) is 0.817. The van der Waals surface area contributed by atoms with Crippen molar-refractivity contribution in [3.63, 3.8) is 0 Å². The third kappa shape index (κ3) is 3.33. The smallest absolute Gasteiger partial charge is 0.246 e. The van der Waals surface area contributed by atoms with Crippen molar-refractivity contribution in [2.45, 2.75) is 43.4 Å². The first-order valence-electron chi connectivity index (χ1n) is 6.38. The molecule has 0 saturated carbocycles. The highest BCUT2D eigenvalue weighted by Gasteiger charge is 2.31. The van der Waals surface area contributed by atoms with Crippen LogP contribution in [0.2, 0.25) is 0 Å². The molecular formula is C14H19BrN2OS. The van der Waals surface area contributed by atoms with Crippen LogP contribution in [0.25, 0.3) is 0 Å². The number of nitrogens with one attached hydrogen (secondary N) is 2. The summed E-state index contributed by atoms with van der Waals surface area (Å²) in [5.41, 5.74) is 1.95. The van der Waals surface area contributed by atoms with E-state index in [9.17, 15) is 4.79 Å². The Morgan fingerprint density at radius 1 is 1.42 bits per heavy atom. The number of halogens is 1. The van der Waals surface area contributed by atoms with Crippen molar-refractivity contribution in [2.75, 3.05) is 11.9 Å². The van der Waals surface area contributed by atoms with E-state index in [-0.39, 0.29) is 16.7 Å². The van der Waals surface area contributed by atoms with Gasteiger partial charge in [-0.25, -0.2) is 0 Å². The molecule has 1 aromatic carbocycles. The third-order valence-electron chi connectivity index (χ3n) is 2.76. The second-order valence-corrected chi connectivity index (χ2v) is 8.29. The topological polar surface area (TPSA) is 41.1 Å². The van der Waals surface area contributed by atoms with Crippen molar-refractivity contribution in [2.24, 2.45) is 0 Å². The molecule has 2 rings (SSSR count). The van der Waals surface area contributed by atoms with Gasteiger partial charge in [0.25, 0.3) is 0 Å². The average Bonchev–Trinajstić information content (AvgIpc) is 2.55. The van der Waals surface area contributed by atoms with Gasteiger partial charge in [0.15, 0.2) is 0 Å². The molecule has 0 spiro atoms. The Hall–Kier alpha value is -0.520. The molecule has 1 unspecified atom stereocenters. The predicted octanol–water partition coefficient (Wildman–Crippen LogP) is 3.94. The molecule has 1 heterocycles. The third-order valence-corrected chi connectivity index (χ3v) is 4.85. The number of carbonyl (C=O) groups is 1. The zero-order valence-corrected chi connectivity index (χ0v) is 14.0. The zero-order chi connectivity index (χ0) is 14.2. The molecule has 1 amide bonds. The number of amides is 1. The first-order chi connectivity index (χ1) is 8.81. The minimum atomic E-state index is -0.231. The molecule has 2 N–H and O–H groups in total. The first-order valence-corrected chi connectivity index (χ1v) is 7.99. The van der Waals surface area contributed by atoms with E-state index in [0.29, 0.717) is 0 Å². The molecule has 1 aliphatic rings. The van der Waals surface area contributed by atoms with E-state index in [1.807, 2.05) is 6.92 Å². The number of rotatable bonds is 3. The fourth-order valence-electron chi connectivity index (χ4n) is 2.08. The number of anilines is 1. The number of benzene rings is 1. The molecule has 5 heteroatoms. The molecule has 0 fully saturated rings. The Morgan fingerprint density at radius 3 is 2.68 bits per heavy atom. The molecule has 0 aromatic heterocycles. The van der Waals surface area contributed by atoms with Crippen LogP contribution in [-0.2, 0) is 4.79 Å². The largest absolute Gasteiger partial charge is 0.324 e. The van der Waals surface area contributed by atoms with E-state index in [4.69, 9.17) is 0 Å². The monoisotopic (exact) mass is 342 g/mol. The average molecular weight is 343 g/mol. The maximum Gasteiger partial charge on any atom is 0.246 e. The minimum absolute atomic E-state index is 0.0293. The van der Waals surface area contributed by atoms with E-state index in [1.165, 1.54) is 0 Å². The van der Waals surface area contributed by atoms with Crippen LogP contribution in [-0.4, -0.2) is 17.2 Å². The van der Waals surface area contributed by atoms with Gasteiger partial charge in [-0.05, 0) is 34.6 Å². The second kappa shape index (κ2) is 5.46. The molecule has 0 bridgehead atoms. The standard InChI is InChI=1S/C14H19BrN2OS/c1-5-16-12-8-6-9(15)11(19-14(2,3)4)7-10(8)17-13(12)18/h6-7,12,16H,5H2,1-4H3,(H,17,18). The molecule has 0 aliphatic carbocycles. The summed E-state index contributed by atoms with van der Waals surface area (Å²) in [6, 6.07) is 3.88. The maximum atomic E-state index is 11.9. The lowest BCUT2D eigenvalue weighted by Gasteiger charge is -2.19. The van der Waals surface area contributed by atoms with Crippen molar-refractivity contribution < 1.29 is 4.79 Å². The number of hydrogen-bond donors (Lipinski definition) is 2. The van der Waals surface area contributed by atoms with Crippen LogP contribution in [0.3, 0.4) is 0 Å². The van der Waals surface area contributed by atoms with Crippen LogP contribution in [0.4, 0.5) is 5.69 Å². The van der Waals surface area contributed by atoms with E-state index < -0.39 is 0 Å². The minimum Gasteiger partial charge on any atom is -0.324 e. The summed E-state index contributed by atoms with van der Waals surface area (Å²) < 4.78 is 1.19. The van der Waals surface area contributed by atoms with Gasteiger partial charge < -0.3 is 10.6 Å². The lowest BCUT2D eigenvalue weighted by Crippen LogP contribution is -2.27. The number of thioether (sulfide) groups is 1. The highest BCUT2D eigenvalue weighted by Crippen LogP contribution is 2.42. The lowest BCUT2D eigenvalue weighted by molar-refractivity contribution is -0.117. The maximum absolute atomic E-state index is 11.9. The van der Waals surface area contributed by atoms with Gasteiger partial charge in [0.1, 0.15) is 6.04 Å². The van der Waals surface area contributed by atoms with Crippen molar-refractivity contribution in [1.82, 2.24) is 5.32 Å². The van der Waals surface area contributed by atoms with E-state index in [2.05, 4.69) is 59.5 Å². The summed E-state index contributed by atoms with van der Waals surface area (Å²) in [6.45, 7) is 9.31. The molecule has 1 aliphatic heterocycles. The summed E-state index contributed by atoms with van der Waals surface area (Å²) in [6.07, 6.45) is 0. The molecule has 0 saturated heterocycles. The van der Waals surface area contributed by atoms with Gasteiger partial charge in [-0.15, -0.1) is 11.8 Å². The molecule has 3 nitrogen and oxygen atoms in total. The lowest BCUT2D eigenvalue weighted by atomic mass is 10.1. The van der Waals surface area contributed by atoms with Crippen LogP contribution in [0.15, 0.2) is 21.5 Å². The Balaban J connectivity index is 2.36. The van der Waals surface area contributed by atoms with E-state index in [1.54, 1.807) is 11.8 Å². The number of fused-ring (bicyclic) bond motifs is 1. The zero-order valence-electron chi connectivity index (χ0n) is 11.6. The summed E-state index contributed by atoms with van der Waals surface area (Å²) in [5.74, 6) is 0.0293. The van der Waals surface area contributed by atoms with E-state index >= 15 is 0 Å². The Bertz CT molecular complexity index is 511. The van der Waals surface area contributed by atoms with Crippen LogP contribution in [0.5, 0.6) is 0 Å². The van der Waals surface area contributed by atoms with Crippen molar-refractivity contribution in [3.8, 4) is 0 Å². The highest BCUT2D eigenvalue weighted by atomic mass is 79.9. The van der Waals surface area contributed by atoms with E-state index in [0.717, 1.165) is 27.2 Å². The summed E-state index contributed by atoms with van der Waals surface area (Å²) in [7, 11) is 0. The van der Waals surface area contributed by atoms with Gasteiger partial charge in [-0.2, -0.15) is 0 Å². The van der Waals surface area contributed by atoms with Gasteiger partial charge in [0, 0.05) is 25.4 Å². The normalized spacial score (nSPS) is 18.4. The number of carbonyl (C=O) groups excluding carboxylic acids is 1. The molecular weight excluding hydrogens is 324 g/mol. The number of hydrogen-bond acceptors (Lipinski definition) is 3. The predicted molar refractivity (Wildman–Crippen MR) is 84.8 cm³/mol. The molecule has 104 valence electrons. The first kappa shape index (κ1) is 14.9. The summed E-state index contributed by atoms with van der Waals surface area (Å²) >= 11 is 5.40. The van der Waals surface area contributed by atoms with Crippen LogP contribution in [0.1, 0.15) is 39.3 Å². The highest BCUT2D eigenvalue weighted by molar-refractivity contribution is 9.10. The van der Waals surface area contributed by atoms with Gasteiger partial charge in [0.2, 0.25) is 5.91 Å².